The van der Waals surface area contributed by atoms with Crippen LogP contribution in [0, 0.1) is 0 Å². The lowest BCUT2D eigenvalue weighted by Crippen LogP contribution is -2.18. The molecule has 0 unspecified atom stereocenters. The molecule has 1 rings (SSSR count). The minimum absolute atomic E-state index is 0.615. The van der Waals surface area contributed by atoms with Gasteiger partial charge in [-0.1, -0.05) is 30.3 Å². The lowest BCUT2D eigenvalue weighted by atomic mass is 10.1. The number of carbonyl (C=O) groups is 1. The Labute approximate surface area is 78.3 Å². The van der Waals surface area contributed by atoms with Crippen LogP contribution >= 0.6 is 0 Å². The van der Waals surface area contributed by atoms with Crippen molar-refractivity contribution in [1.29, 1.82) is 0 Å². The van der Waals surface area contributed by atoms with Crippen molar-refractivity contribution in [2.24, 2.45) is 4.99 Å². The van der Waals surface area contributed by atoms with Gasteiger partial charge in [-0.25, -0.2) is 0 Å². The van der Waals surface area contributed by atoms with Crippen molar-refractivity contribution in [2.45, 2.75) is 19.4 Å². The van der Waals surface area contributed by atoms with Gasteiger partial charge in [0, 0.05) is 6.21 Å². The fourth-order valence-corrected chi connectivity index (χ4v) is 0.810. The highest BCUT2D eigenvalue weighted by molar-refractivity contribution is 5.81. The first-order valence-corrected chi connectivity index (χ1v) is 4.21. The van der Waals surface area contributed by atoms with Crippen molar-refractivity contribution in [1.82, 2.24) is 0 Å². The lowest BCUT2D eigenvalue weighted by molar-refractivity contribution is -0.111. The van der Waals surface area contributed by atoms with Crippen LogP contribution in [0.25, 0.3) is 0 Å². The second-order valence-electron chi connectivity index (χ2n) is 3.44. The van der Waals surface area contributed by atoms with E-state index in [1.165, 1.54) is 0 Å². The summed E-state index contributed by atoms with van der Waals surface area (Å²) in [7, 11) is 0. The number of rotatable bonds is 3. The highest BCUT2D eigenvalue weighted by Crippen LogP contribution is 2.04. The van der Waals surface area contributed by atoms with Gasteiger partial charge in [0.05, 0.1) is 0 Å². The van der Waals surface area contributed by atoms with E-state index < -0.39 is 5.54 Å². The van der Waals surface area contributed by atoms with Gasteiger partial charge in [0.1, 0.15) is 11.8 Å². The topological polar surface area (TPSA) is 29.4 Å². The fourth-order valence-electron chi connectivity index (χ4n) is 0.810. The van der Waals surface area contributed by atoms with Crippen LogP contribution < -0.4 is 0 Å². The Morgan fingerprint density at radius 2 is 1.85 bits per heavy atom. The standard InChI is InChI=1S/C11H13NO/c1-11(2,9-13)12-8-10-6-4-3-5-7-10/h3-9H,1-2H3/b12-8-. The van der Waals surface area contributed by atoms with Gasteiger partial charge in [-0.15, -0.1) is 0 Å². The number of benzene rings is 1. The summed E-state index contributed by atoms with van der Waals surface area (Å²) in [6.07, 6.45) is 2.56. The maximum absolute atomic E-state index is 10.5. The maximum atomic E-state index is 10.5. The molecule has 1 aromatic rings. The van der Waals surface area contributed by atoms with Crippen LogP contribution in [0.4, 0.5) is 0 Å². The number of nitrogens with zero attached hydrogens (tertiary/aromatic N) is 1. The molecule has 0 heterocycles. The molecule has 2 heteroatoms. The molecule has 0 spiro atoms. The average molecular weight is 175 g/mol. The first-order valence-electron chi connectivity index (χ1n) is 4.21. The third-order valence-corrected chi connectivity index (χ3v) is 1.63. The summed E-state index contributed by atoms with van der Waals surface area (Å²) in [5.41, 5.74) is 0.396. The normalized spacial score (nSPS) is 11.8. The number of hydrogen-bond acceptors (Lipinski definition) is 2. The van der Waals surface area contributed by atoms with Gasteiger partial charge < -0.3 is 4.79 Å². The van der Waals surface area contributed by atoms with E-state index in [-0.39, 0.29) is 0 Å². The summed E-state index contributed by atoms with van der Waals surface area (Å²) in [6, 6.07) is 9.72. The maximum Gasteiger partial charge on any atom is 0.146 e. The zero-order valence-corrected chi connectivity index (χ0v) is 7.90. The second kappa shape index (κ2) is 3.99. The fraction of sp³-hybridized carbons (Fsp3) is 0.273. The first-order chi connectivity index (χ1) is 6.14. The summed E-state index contributed by atoms with van der Waals surface area (Å²) in [5, 5.41) is 0. The summed E-state index contributed by atoms with van der Waals surface area (Å²) >= 11 is 0. The summed E-state index contributed by atoms with van der Waals surface area (Å²) in [5.74, 6) is 0. The molecule has 0 aliphatic rings. The Kier molecular flexibility index (Phi) is 2.96. The van der Waals surface area contributed by atoms with Gasteiger partial charge in [-0.05, 0) is 19.4 Å². The zero-order chi connectivity index (χ0) is 9.73. The van der Waals surface area contributed by atoms with E-state index in [0.717, 1.165) is 11.8 Å². The molecule has 0 fully saturated rings. The number of carbonyl (C=O) groups excluding carboxylic acids is 1. The van der Waals surface area contributed by atoms with Crippen molar-refractivity contribution < 1.29 is 4.79 Å². The van der Waals surface area contributed by atoms with Gasteiger partial charge in [0.2, 0.25) is 0 Å². The summed E-state index contributed by atoms with van der Waals surface area (Å²) < 4.78 is 0. The molecule has 0 N–H and O–H groups in total. The predicted octanol–water partition coefficient (Wildman–Crippen LogP) is 2.08. The van der Waals surface area contributed by atoms with E-state index >= 15 is 0 Å². The third kappa shape index (κ3) is 3.20. The van der Waals surface area contributed by atoms with Gasteiger partial charge in [-0.2, -0.15) is 0 Å². The lowest BCUT2D eigenvalue weighted by Gasteiger charge is -2.08. The van der Waals surface area contributed by atoms with Gasteiger partial charge in [0.15, 0.2) is 0 Å². The van der Waals surface area contributed by atoms with Gasteiger partial charge >= 0.3 is 0 Å². The van der Waals surface area contributed by atoms with E-state index in [9.17, 15) is 4.79 Å². The Morgan fingerprint density at radius 3 is 2.38 bits per heavy atom. The molecule has 0 amide bonds. The molecule has 0 saturated carbocycles. The molecule has 0 radical (unpaired) electrons. The van der Waals surface area contributed by atoms with E-state index in [2.05, 4.69) is 4.99 Å². The third-order valence-electron chi connectivity index (χ3n) is 1.63. The summed E-state index contributed by atoms with van der Waals surface area (Å²) in [6.45, 7) is 3.55. The van der Waals surface area contributed by atoms with Crippen molar-refractivity contribution >= 4 is 12.5 Å². The van der Waals surface area contributed by atoms with Gasteiger partial charge in [0.25, 0.3) is 0 Å². The number of aldehydes is 1. The largest absolute Gasteiger partial charge is 0.301 e. The molecule has 0 saturated heterocycles. The molecule has 13 heavy (non-hydrogen) atoms. The molecule has 0 bridgehead atoms. The number of hydrogen-bond donors (Lipinski definition) is 0. The van der Waals surface area contributed by atoms with Crippen LogP contribution in [0.5, 0.6) is 0 Å². The van der Waals surface area contributed by atoms with Crippen molar-refractivity contribution in [2.75, 3.05) is 0 Å². The van der Waals surface area contributed by atoms with Crippen LogP contribution in [0.2, 0.25) is 0 Å². The zero-order valence-electron chi connectivity index (χ0n) is 7.90. The Hall–Kier alpha value is -1.44. The van der Waals surface area contributed by atoms with E-state index in [0.29, 0.717) is 0 Å². The van der Waals surface area contributed by atoms with Crippen LogP contribution in [-0.2, 0) is 4.79 Å². The van der Waals surface area contributed by atoms with E-state index in [1.807, 2.05) is 30.3 Å². The molecule has 68 valence electrons. The highest BCUT2D eigenvalue weighted by Gasteiger charge is 2.11. The van der Waals surface area contributed by atoms with Crippen LogP contribution in [-0.4, -0.2) is 18.0 Å². The smallest absolute Gasteiger partial charge is 0.146 e. The summed E-state index contributed by atoms with van der Waals surface area (Å²) in [4.78, 5) is 14.7. The minimum atomic E-state index is -0.615. The van der Waals surface area contributed by atoms with Crippen LogP contribution in [0.3, 0.4) is 0 Å². The molecular formula is C11H13NO. The molecule has 0 aromatic heterocycles. The van der Waals surface area contributed by atoms with Crippen molar-refractivity contribution in [3.05, 3.63) is 35.9 Å². The molecule has 0 aliphatic heterocycles. The SMILES string of the molecule is CC(C)(C=O)/N=C\c1ccccc1. The van der Waals surface area contributed by atoms with E-state index in [4.69, 9.17) is 0 Å². The number of aliphatic imine (C=N–C) groups is 1. The Bertz CT molecular complexity index is 301. The molecule has 0 aliphatic carbocycles. The van der Waals surface area contributed by atoms with E-state index in [1.54, 1.807) is 20.1 Å². The Morgan fingerprint density at radius 1 is 1.23 bits per heavy atom. The molecule has 1 aromatic carbocycles. The quantitative estimate of drug-likeness (QED) is 0.511. The van der Waals surface area contributed by atoms with Crippen molar-refractivity contribution in [3.63, 3.8) is 0 Å². The monoisotopic (exact) mass is 175 g/mol. The minimum Gasteiger partial charge on any atom is -0.301 e. The van der Waals surface area contributed by atoms with Crippen molar-refractivity contribution in [3.8, 4) is 0 Å². The highest BCUT2D eigenvalue weighted by atomic mass is 16.1. The molecule has 2 nitrogen and oxygen atoms in total. The predicted molar refractivity (Wildman–Crippen MR) is 54.2 cm³/mol. The first kappa shape index (κ1) is 9.65. The molecular weight excluding hydrogens is 162 g/mol. The molecule has 0 atom stereocenters. The average Bonchev–Trinajstić information content (AvgIpc) is 2.17. The van der Waals surface area contributed by atoms with Crippen LogP contribution in [0.1, 0.15) is 19.4 Å². The second-order valence-corrected chi connectivity index (χ2v) is 3.44. The Balaban J connectivity index is 2.75. The van der Waals surface area contributed by atoms with Crippen LogP contribution in [0.15, 0.2) is 35.3 Å². The van der Waals surface area contributed by atoms with Gasteiger partial charge in [-0.3, -0.25) is 4.99 Å².